The lowest BCUT2D eigenvalue weighted by Crippen LogP contribution is -2.36. The maximum atomic E-state index is 12.3. The molecule has 1 aliphatic rings. The van der Waals surface area contributed by atoms with E-state index < -0.39 is 10.0 Å². The second kappa shape index (κ2) is 8.96. The van der Waals surface area contributed by atoms with Crippen LogP contribution in [0.25, 0.3) is 0 Å². The molecule has 1 aromatic carbocycles. The molecule has 0 spiro atoms. The SMILES string of the molecule is COC(=O)CCCC=C[C@@H]1C[C@@H](NS(=O)(=O)c2ccccc2)CN1. The van der Waals surface area contributed by atoms with Crippen molar-refractivity contribution in [2.24, 2.45) is 0 Å². The lowest BCUT2D eigenvalue weighted by atomic mass is 10.1. The monoisotopic (exact) mass is 352 g/mol. The van der Waals surface area contributed by atoms with Crippen molar-refractivity contribution in [3.63, 3.8) is 0 Å². The van der Waals surface area contributed by atoms with E-state index in [9.17, 15) is 13.2 Å². The zero-order chi connectivity index (χ0) is 17.4. The molecular formula is C17H24N2O4S. The van der Waals surface area contributed by atoms with Crippen LogP contribution >= 0.6 is 0 Å². The van der Waals surface area contributed by atoms with Gasteiger partial charge in [-0.05, 0) is 31.4 Å². The molecule has 2 atom stereocenters. The van der Waals surface area contributed by atoms with Crippen molar-refractivity contribution in [3.8, 4) is 0 Å². The van der Waals surface area contributed by atoms with Crippen LogP contribution in [0.15, 0.2) is 47.4 Å². The molecule has 1 aliphatic heterocycles. The molecule has 2 rings (SSSR count). The number of esters is 1. The number of hydrogen-bond donors (Lipinski definition) is 2. The van der Waals surface area contributed by atoms with E-state index in [0.29, 0.717) is 19.4 Å². The van der Waals surface area contributed by atoms with E-state index >= 15 is 0 Å². The Bertz CT molecular complexity index is 658. The van der Waals surface area contributed by atoms with Gasteiger partial charge < -0.3 is 10.1 Å². The lowest BCUT2D eigenvalue weighted by molar-refractivity contribution is -0.140. The molecule has 0 amide bonds. The summed E-state index contributed by atoms with van der Waals surface area (Å²) < 4.78 is 31.9. The summed E-state index contributed by atoms with van der Waals surface area (Å²) in [5.74, 6) is -0.197. The van der Waals surface area contributed by atoms with Crippen LogP contribution in [-0.2, 0) is 19.6 Å². The van der Waals surface area contributed by atoms with Crippen molar-refractivity contribution in [3.05, 3.63) is 42.5 Å². The number of hydrogen-bond acceptors (Lipinski definition) is 5. The summed E-state index contributed by atoms with van der Waals surface area (Å²) in [5.41, 5.74) is 0. The molecule has 2 N–H and O–H groups in total. The summed E-state index contributed by atoms with van der Waals surface area (Å²) in [7, 11) is -2.09. The first-order chi connectivity index (χ1) is 11.5. The van der Waals surface area contributed by atoms with Crippen LogP contribution in [0.5, 0.6) is 0 Å². The van der Waals surface area contributed by atoms with Gasteiger partial charge in [-0.15, -0.1) is 0 Å². The Kier molecular flexibility index (Phi) is 6.96. The number of nitrogens with one attached hydrogen (secondary N) is 2. The van der Waals surface area contributed by atoms with E-state index in [0.717, 1.165) is 12.8 Å². The largest absolute Gasteiger partial charge is 0.469 e. The highest BCUT2D eigenvalue weighted by Crippen LogP contribution is 2.14. The van der Waals surface area contributed by atoms with E-state index in [1.54, 1.807) is 30.3 Å². The summed E-state index contributed by atoms with van der Waals surface area (Å²) in [6.45, 7) is 0.600. The Balaban J connectivity index is 1.76. The minimum absolute atomic E-state index is 0.125. The molecule has 7 heteroatoms. The lowest BCUT2D eigenvalue weighted by Gasteiger charge is -2.12. The zero-order valence-electron chi connectivity index (χ0n) is 13.8. The van der Waals surface area contributed by atoms with Gasteiger partial charge in [0.1, 0.15) is 0 Å². The third-order valence-corrected chi connectivity index (χ3v) is 5.42. The molecule has 132 valence electrons. The van der Waals surface area contributed by atoms with Gasteiger partial charge in [-0.1, -0.05) is 30.4 Å². The normalized spacial score (nSPS) is 21.2. The first-order valence-corrected chi connectivity index (χ1v) is 9.54. The molecule has 1 fully saturated rings. The third-order valence-electron chi connectivity index (χ3n) is 3.89. The van der Waals surface area contributed by atoms with Crippen LogP contribution in [0.4, 0.5) is 0 Å². The minimum atomic E-state index is -3.47. The second-order valence-electron chi connectivity index (χ2n) is 5.78. The number of methoxy groups -OCH3 is 1. The van der Waals surface area contributed by atoms with E-state index in [4.69, 9.17) is 0 Å². The third kappa shape index (κ3) is 5.74. The Morgan fingerprint density at radius 3 is 2.83 bits per heavy atom. The van der Waals surface area contributed by atoms with Crippen LogP contribution < -0.4 is 10.0 Å². The number of benzene rings is 1. The van der Waals surface area contributed by atoms with Crippen molar-refractivity contribution in [2.45, 2.75) is 42.7 Å². The standard InChI is InChI=1S/C17H24N2O4S/c1-23-17(20)11-7-2-4-8-14-12-15(13-18-14)19-24(21,22)16-9-5-3-6-10-16/h3-6,8-10,14-15,18-19H,2,7,11-13H2,1H3/t14-,15-/m1/s1. The molecular weight excluding hydrogens is 328 g/mol. The van der Waals surface area contributed by atoms with Crippen LogP contribution in [0.3, 0.4) is 0 Å². The number of unbranched alkanes of at least 4 members (excludes halogenated alkanes) is 1. The van der Waals surface area contributed by atoms with Crippen LogP contribution in [-0.4, -0.2) is 40.1 Å². The van der Waals surface area contributed by atoms with Gasteiger partial charge >= 0.3 is 5.97 Å². The van der Waals surface area contributed by atoms with Crippen LogP contribution in [0, 0.1) is 0 Å². The van der Waals surface area contributed by atoms with E-state index in [1.165, 1.54) is 7.11 Å². The summed E-state index contributed by atoms with van der Waals surface area (Å²) in [4.78, 5) is 11.3. The Hall–Kier alpha value is -1.70. The summed E-state index contributed by atoms with van der Waals surface area (Å²) in [5, 5.41) is 3.29. The quantitative estimate of drug-likeness (QED) is 0.422. The molecule has 6 nitrogen and oxygen atoms in total. The van der Waals surface area contributed by atoms with Crippen molar-refractivity contribution in [2.75, 3.05) is 13.7 Å². The van der Waals surface area contributed by atoms with Crippen molar-refractivity contribution in [1.29, 1.82) is 0 Å². The topological polar surface area (TPSA) is 84.5 Å². The predicted octanol–water partition coefficient (Wildman–Crippen LogP) is 1.59. The van der Waals surface area contributed by atoms with Gasteiger partial charge in [0.25, 0.3) is 0 Å². The van der Waals surface area contributed by atoms with E-state index in [-0.39, 0.29) is 22.9 Å². The van der Waals surface area contributed by atoms with Crippen molar-refractivity contribution in [1.82, 2.24) is 10.0 Å². The van der Waals surface area contributed by atoms with Gasteiger partial charge in [0.15, 0.2) is 0 Å². The highest BCUT2D eigenvalue weighted by Gasteiger charge is 2.26. The van der Waals surface area contributed by atoms with Gasteiger partial charge in [0.2, 0.25) is 10.0 Å². The van der Waals surface area contributed by atoms with Gasteiger partial charge in [-0.3, -0.25) is 4.79 Å². The van der Waals surface area contributed by atoms with Gasteiger partial charge in [-0.25, -0.2) is 13.1 Å². The Morgan fingerprint density at radius 1 is 1.38 bits per heavy atom. The summed E-state index contributed by atoms with van der Waals surface area (Å²) >= 11 is 0. The molecule has 0 aromatic heterocycles. The Morgan fingerprint density at radius 2 is 2.12 bits per heavy atom. The fraction of sp³-hybridized carbons (Fsp3) is 0.471. The molecule has 0 bridgehead atoms. The number of ether oxygens (including phenoxy) is 1. The molecule has 0 unspecified atom stereocenters. The average molecular weight is 352 g/mol. The maximum Gasteiger partial charge on any atom is 0.305 e. The molecule has 24 heavy (non-hydrogen) atoms. The highest BCUT2D eigenvalue weighted by atomic mass is 32.2. The number of rotatable bonds is 8. The van der Waals surface area contributed by atoms with Crippen molar-refractivity contribution >= 4 is 16.0 Å². The molecule has 0 aliphatic carbocycles. The highest BCUT2D eigenvalue weighted by molar-refractivity contribution is 7.89. The number of carbonyl (C=O) groups is 1. The first kappa shape index (κ1) is 18.6. The maximum absolute atomic E-state index is 12.3. The predicted molar refractivity (Wildman–Crippen MR) is 92.0 cm³/mol. The van der Waals surface area contributed by atoms with Gasteiger partial charge in [0, 0.05) is 25.0 Å². The molecule has 1 heterocycles. The number of allylic oxidation sites excluding steroid dienone is 1. The smallest absolute Gasteiger partial charge is 0.305 e. The minimum Gasteiger partial charge on any atom is -0.469 e. The van der Waals surface area contributed by atoms with E-state index in [2.05, 4.69) is 14.8 Å². The number of carbonyl (C=O) groups excluding carboxylic acids is 1. The molecule has 0 radical (unpaired) electrons. The van der Waals surface area contributed by atoms with Crippen LogP contribution in [0.2, 0.25) is 0 Å². The summed E-state index contributed by atoms with van der Waals surface area (Å²) in [6.07, 6.45) is 6.73. The number of sulfonamides is 1. The molecule has 1 aromatic rings. The average Bonchev–Trinajstić information content (AvgIpc) is 3.01. The van der Waals surface area contributed by atoms with Gasteiger partial charge in [0.05, 0.1) is 12.0 Å². The van der Waals surface area contributed by atoms with Crippen molar-refractivity contribution < 1.29 is 17.9 Å². The fourth-order valence-corrected chi connectivity index (χ4v) is 3.89. The summed E-state index contributed by atoms with van der Waals surface area (Å²) in [6, 6.07) is 8.40. The second-order valence-corrected chi connectivity index (χ2v) is 7.49. The van der Waals surface area contributed by atoms with E-state index in [1.807, 2.05) is 12.2 Å². The fourth-order valence-electron chi connectivity index (χ4n) is 2.62. The van der Waals surface area contributed by atoms with Crippen LogP contribution in [0.1, 0.15) is 25.7 Å². The molecule has 1 saturated heterocycles. The molecule has 0 saturated carbocycles. The van der Waals surface area contributed by atoms with Gasteiger partial charge in [-0.2, -0.15) is 0 Å². The Labute approximate surface area is 143 Å². The zero-order valence-corrected chi connectivity index (χ0v) is 14.6. The first-order valence-electron chi connectivity index (χ1n) is 8.05.